The first-order valence-corrected chi connectivity index (χ1v) is 4.49. The molecule has 0 bridgehead atoms. The zero-order valence-corrected chi connectivity index (χ0v) is 7.66. The Morgan fingerprint density at radius 3 is 3.20 bits per heavy atom. The fourth-order valence-electron chi connectivity index (χ4n) is 1.80. The molecule has 15 heavy (non-hydrogen) atoms. The highest BCUT2D eigenvalue weighted by atomic mass is 16.4. The number of aromatic amines is 2. The number of carbonyl (C=O) groups is 1. The quantitative estimate of drug-likeness (QED) is 0.558. The van der Waals surface area contributed by atoms with E-state index in [9.17, 15) is 4.79 Å². The molecule has 4 N–H and O–H groups in total. The van der Waals surface area contributed by atoms with Gasteiger partial charge in [0.2, 0.25) is 0 Å². The van der Waals surface area contributed by atoms with E-state index in [0.29, 0.717) is 17.9 Å². The average molecular weight is 204 g/mol. The minimum absolute atomic E-state index is 0.102. The van der Waals surface area contributed by atoms with Crippen molar-refractivity contribution in [2.24, 2.45) is 0 Å². The van der Waals surface area contributed by atoms with E-state index in [1.165, 1.54) is 0 Å². The van der Waals surface area contributed by atoms with Crippen LogP contribution in [0.2, 0.25) is 0 Å². The molecule has 0 aromatic carbocycles. The Morgan fingerprint density at radius 1 is 1.53 bits per heavy atom. The summed E-state index contributed by atoms with van der Waals surface area (Å²) in [5.41, 5.74) is 3.26. The molecule has 3 heterocycles. The van der Waals surface area contributed by atoms with Crippen LogP contribution in [0.1, 0.15) is 16.1 Å². The molecule has 1 aliphatic rings. The van der Waals surface area contributed by atoms with Crippen molar-refractivity contribution in [2.45, 2.75) is 6.54 Å². The molecule has 0 saturated heterocycles. The van der Waals surface area contributed by atoms with Crippen molar-refractivity contribution in [3.05, 3.63) is 23.5 Å². The number of rotatable bonds is 1. The first-order chi connectivity index (χ1) is 7.27. The number of H-pyrrole nitrogens is 2. The van der Waals surface area contributed by atoms with E-state index >= 15 is 0 Å². The summed E-state index contributed by atoms with van der Waals surface area (Å²) in [6.07, 6.45) is 1.82. The molecule has 2 aromatic rings. The molecule has 6 heteroatoms. The van der Waals surface area contributed by atoms with E-state index in [0.717, 1.165) is 11.3 Å². The molecule has 0 spiro atoms. The number of carboxylic acids is 1. The number of nitrogens with zero attached hydrogens (tertiary/aromatic N) is 1. The summed E-state index contributed by atoms with van der Waals surface area (Å²) in [6.45, 7) is 0.617. The topological polar surface area (TPSA) is 93.8 Å². The summed E-state index contributed by atoms with van der Waals surface area (Å²) in [6, 6.07) is 1.94. The van der Waals surface area contributed by atoms with Crippen LogP contribution in [0.25, 0.3) is 11.4 Å². The van der Waals surface area contributed by atoms with Gasteiger partial charge in [0.25, 0.3) is 0 Å². The predicted octanol–water partition coefficient (Wildman–Crippen LogP) is 1.03. The first kappa shape index (κ1) is 8.10. The van der Waals surface area contributed by atoms with Crippen LogP contribution >= 0.6 is 0 Å². The van der Waals surface area contributed by atoms with Gasteiger partial charge in [0.05, 0.1) is 11.4 Å². The van der Waals surface area contributed by atoms with Crippen molar-refractivity contribution in [3.8, 4) is 11.4 Å². The lowest BCUT2D eigenvalue weighted by atomic mass is 10.1. The van der Waals surface area contributed by atoms with Crippen molar-refractivity contribution in [1.29, 1.82) is 0 Å². The third-order valence-corrected chi connectivity index (χ3v) is 2.51. The lowest BCUT2D eigenvalue weighted by Crippen LogP contribution is -2.09. The minimum atomic E-state index is -1.01. The van der Waals surface area contributed by atoms with Crippen LogP contribution in [0.15, 0.2) is 12.3 Å². The molecular weight excluding hydrogens is 196 g/mol. The van der Waals surface area contributed by atoms with Crippen LogP contribution in [0.5, 0.6) is 0 Å². The maximum Gasteiger partial charge on any atom is 0.356 e. The molecular formula is C9H8N4O2. The van der Waals surface area contributed by atoms with Crippen LogP contribution in [0.3, 0.4) is 0 Å². The molecule has 0 saturated carbocycles. The van der Waals surface area contributed by atoms with Gasteiger partial charge < -0.3 is 15.4 Å². The molecule has 0 fully saturated rings. The smallest absolute Gasteiger partial charge is 0.356 e. The van der Waals surface area contributed by atoms with Gasteiger partial charge in [0, 0.05) is 12.7 Å². The molecule has 76 valence electrons. The van der Waals surface area contributed by atoms with E-state index in [1.807, 2.05) is 12.3 Å². The van der Waals surface area contributed by atoms with Crippen LogP contribution < -0.4 is 5.32 Å². The van der Waals surface area contributed by atoms with Crippen molar-refractivity contribution < 1.29 is 9.90 Å². The van der Waals surface area contributed by atoms with E-state index in [1.54, 1.807) is 0 Å². The minimum Gasteiger partial charge on any atom is -0.476 e. The SMILES string of the molecule is O=C(O)c1[nH]nc2c1NCc1cc[nH]c1-2. The highest BCUT2D eigenvalue weighted by Crippen LogP contribution is 2.34. The third kappa shape index (κ3) is 0.983. The lowest BCUT2D eigenvalue weighted by molar-refractivity contribution is 0.0691. The zero-order valence-electron chi connectivity index (χ0n) is 7.66. The monoisotopic (exact) mass is 204 g/mol. The fourth-order valence-corrected chi connectivity index (χ4v) is 1.80. The van der Waals surface area contributed by atoms with Crippen molar-refractivity contribution >= 4 is 11.7 Å². The molecule has 1 aliphatic heterocycles. The number of aromatic carboxylic acids is 1. The Morgan fingerprint density at radius 2 is 2.40 bits per heavy atom. The molecule has 3 rings (SSSR count). The van der Waals surface area contributed by atoms with Crippen molar-refractivity contribution in [3.63, 3.8) is 0 Å². The number of hydrogen-bond donors (Lipinski definition) is 4. The lowest BCUT2D eigenvalue weighted by Gasteiger charge is -2.13. The molecule has 0 aliphatic carbocycles. The highest BCUT2D eigenvalue weighted by Gasteiger charge is 2.25. The third-order valence-electron chi connectivity index (χ3n) is 2.51. The van der Waals surface area contributed by atoms with Gasteiger partial charge in [0.15, 0.2) is 5.69 Å². The van der Waals surface area contributed by atoms with Crippen LogP contribution in [-0.4, -0.2) is 26.3 Å². The molecule has 0 atom stereocenters. The number of fused-ring (bicyclic) bond motifs is 3. The standard InChI is InChI=1S/C9H8N4O2/c14-9(15)8-6-7(12-13-8)5-4(3-11-6)1-2-10-5/h1-2,10-11H,3H2,(H,12,13)(H,14,15). The Kier molecular flexibility index (Phi) is 1.42. The highest BCUT2D eigenvalue weighted by molar-refractivity contribution is 5.97. The average Bonchev–Trinajstić information content (AvgIpc) is 2.82. The van der Waals surface area contributed by atoms with Crippen LogP contribution in [0.4, 0.5) is 5.69 Å². The molecule has 2 aromatic heterocycles. The molecule has 0 amide bonds. The summed E-state index contributed by atoms with van der Waals surface area (Å²) in [5.74, 6) is -1.01. The number of hydrogen-bond acceptors (Lipinski definition) is 3. The van der Waals surface area contributed by atoms with Gasteiger partial charge in [-0.1, -0.05) is 0 Å². The maximum absolute atomic E-state index is 10.9. The summed E-state index contributed by atoms with van der Waals surface area (Å²) < 4.78 is 0. The van der Waals surface area contributed by atoms with Gasteiger partial charge in [-0.25, -0.2) is 4.79 Å². The van der Waals surface area contributed by atoms with Gasteiger partial charge in [-0.05, 0) is 11.6 Å². The van der Waals surface area contributed by atoms with Gasteiger partial charge in [-0.2, -0.15) is 5.10 Å². The molecule has 6 nitrogen and oxygen atoms in total. The normalized spacial score (nSPS) is 12.8. The van der Waals surface area contributed by atoms with Crippen LogP contribution in [-0.2, 0) is 6.54 Å². The Labute approximate surface area is 84.3 Å². The summed E-state index contributed by atoms with van der Waals surface area (Å²) >= 11 is 0. The largest absolute Gasteiger partial charge is 0.476 e. The number of aromatic nitrogens is 3. The summed E-state index contributed by atoms with van der Waals surface area (Å²) in [5, 5.41) is 18.5. The second-order valence-corrected chi connectivity index (χ2v) is 3.36. The van der Waals surface area contributed by atoms with Crippen molar-refractivity contribution in [2.75, 3.05) is 5.32 Å². The number of carboxylic acid groups (broad SMARTS) is 1. The molecule has 0 unspecified atom stereocenters. The van der Waals surface area contributed by atoms with E-state index in [4.69, 9.17) is 5.11 Å². The zero-order chi connectivity index (χ0) is 10.4. The predicted molar refractivity (Wildman–Crippen MR) is 52.7 cm³/mol. The molecule has 0 radical (unpaired) electrons. The maximum atomic E-state index is 10.9. The number of anilines is 1. The van der Waals surface area contributed by atoms with Gasteiger partial charge >= 0.3 is 5.97 Å². The second kappa shape index (κ2) is 2.63. The second-order valence-electron chi connectivity index (χ2n) is 3.36. The first-order valence-electron chi connectivity index (χ1n) is 4.49. The van der Waals surface area contributed by atoms with E-state index in [2.05, 4.69) is 20.5 Å². The Balaban J connectivity index is 2.23. The van der Waals surface area contributed by atoms with Gasteiger partial charge in [-0.3, -0.25) is 5.10 Å². The number of nitrogens with one attached hydrogen (secondary N) is 3. The Bertz CT molecular complexity index is 540. The van der Waals surface area contributed by atoms with E-state index < -0.39 is 5.97 Å². The van der Waals surface area contributed by atoms with Crippen LogP contribution in [0, 0.1) is 0 Å². The Hall–Kier alpha value is -2.24. The summed E-state index contributed by atoms with van der Waals surface area (Å²) in [7, 11) is 0. The van der Waals surface area contributed by atoms with E-state index in [-0.39, 0.29) is 5.69 Å². The van der Waals surface area contributed by atoms with Gasteiger partial charge in [-0.15, -0.1) is 0 Å². The van der Waals surface area contributed by atoms with Gasteiger partial charge in [0.1, 0.15) is 5.69 Å². The summed E-state index contributed by atoms with van der Waals surface area (Å²) in [4.78, 5) is 13.9. The fraction of sp³-hybridized carbons (Fsp3) is 0.111. The van der Waals surface area contributed by atoms with Crippen molar-refractivity contribution in [1.82, 2.24) is 15.2 Å².